The quantitative estimate of drug-likeness (QED) is 0.366. The molecule has 1 atom stereocenters. The smallest absolute Gasteiger partial charge is 0.356 e. The van der Waals surface area contributed by atoms with Gasteiger partial charge >= 0.3 is 6.18 Å². The minimum absolute atomic E-state index is 0. The van der Waals surface area contributed by atoms with Crippen molar-refractivity contribution in [2.24, 2.45) is 4.99 Å². The van der Waals surface area contributed by atoms with Crippen LogP contribution < -0.4 is 5.32 Å². The van der Waals surface area contributed by atoms with E-state index < -0.39 is 11.9 Å². The molecule has 0 bridgehead atoms. The van der Waals surface area contributed by atoms with Crippen molar-refractivity contribution in [1.82, 2.24) is 20.1 Å². The van der Waals surface area contributed by atoms with Crippen LogP contribution in [-0.2, 0) is 12.6 Å². The molecule has 1 aliphatic rings. The summed E-state index contributed by atoms with van der Waals surface area (Å²) in [7, 11) is 3.71. The van der Waals surface area contributed by atoms with E-state index >= 15 is 0 Å². The molecule has 1 aromatic rings. The van der Waals surface area contributed by atoms with Gasteiger partial charge < -0.3 is 10.2 Å². The van der Waals surface area contributed by atoms with E-state index in [1.165, 1.54) is 12.8 Å². The van der Waals surface area contributed by atoms with Crippen LogP contribution in [0, 0.1) is 0 Å². The molecule has 2 rings (SSSR count). The predicted molar refractivity (Wildman–Crippen MR) is 110 cm³/mol. The maximum Gasteiger partial charge on any atom is 0.434 e. The summed E-state index contributed by atoms with van der Waals surface area (Å²) in [6.45, 7) is 5.77. The number of alkyl halides is 3. The first-order valence-electron chi connectivity index (χ1n) is 8.52. The van der Waals surface area contributed by atoms with E-state index in [0.29, 0.717) is 24.0 Å². The monoisotopic (exact) mass is 505 g/mol. The largest absolute Gasteiger partial charge is 0.434 e. The number of nitrogens with one attached hydrogen (secondary N) is 1. The third-order valence-electron chi connectivity index (χ3n) is 4.43. The van der Waals surface area contributed by atoms with Gasteiger partial charge in [-0.15, -0.1) is 35.3 Å². The van der Waals surface area contributed by atoms with Gasteiger partial charge in [0.15, 0.2) is 11.7 Å². The predicted octanol–water partition coefficient (Wildman–Crippen LogP) is 3.31. The fraction of sp³-hybridized carbons (Fsp3) is 0.750. The Morgan fingerprint density at radius 1 is 1.50 bits per heavy atom. The number of likely N-dealkylation sites (N-methyl/N-ethyl adjacent to an activating group) is 2. The van der Waals surface area contributed by atoms with Gasteiger partial charge in [-0.05, 0) is 25.9 Å². The molecule has 1 unspecified atom stereocenters. The zero-order valence-corrected chi connectivity index (χ0v) is 18.5. The fourth-order valence-corrected chi connectivity index (χ4v) is 3.95. The Labute approximate surface area is 174 Å². The van der Waals surface area contributed by atoms with Crippen LogP contribution in [0.25, 0.3) is 0 Å². The van der Waals surface area contributed by atoms with Crippen LogP contribution in [0.15, 0.2) is 10.4 Å². The number of thiazole rings is 1. The van der Waals surface area contributed by atoms with Gasteiger partial charge in [0, 0.05) is 45.0 Å². The molecule has 0 aromatic carbocycles. The van der Waals surface area contributed by atoms with E-state index in [1.54, 1.807) is 7.05 Å². The molecule has 1 aromatic heterocycles. The molecule has 1 saturated heterocycles. The Bertz CT molecular complexity index is 578. The highest BCUT2D eigenvalue weighted by Gasteiger charge is 2.33. The average Bonchev–Trinajstić information content (AvgIpc) is 3.20. The average molecular weight is 505 g/mol. The molecular weight excluding hydrogens is 478 g/mol. The van der Waals surface area contributed by atoms with E-state index in [4.69, 9.17) is 0 Å². The molecule has 0 spiro atoms. The second-order valence-electron chi connectivity index (χ2n) is 6.15. The van der Waals surface area contributed by atoms with Crippen molar-refractivity contribution in [2.45, 2.75) is 38.4 Å². The van der Waals surface area contributed by atoms with E-state index in [0.717, 1.165) is 42.3 Å². The summed E-state index contributed by atoms with van der Waals surface area (Å²) in [5.41, 5.74) is -0.810. The van der Waals surface area contributed by atoms with Crippen LogP contribution in [0.4, 0.5) is 13.2 Å². The summed E-state index contributed by atoms with van der Waals surface area (Å²) >= 11 is 1.04. The zero-order chi connectivity index (χ0) is 18.4. The highest BCUT2D eigenvalue weighted by atomic mass is 127. The molecule has 150 valence electrons. The molecular formula is C16H27F3IN5S. The fourth-order valence-electron chi connectivity index (χ4n) is 3.14. The summed E-state index contributed by atoms with van der Waals surface area (Å²) in [6.07, 6.45) is -1.51. The molecule has 2 heterocycles. The Hall–Kier alpha value is -0.620. The van der Waals surface area contributed by atoms with Crippen molar-refractivity contribution in [3.05, 3.63) is 16.1 Å². The van der Waals surface area contributed by atoms with Crippen molar-refractivity contribution in [1.29, 1.82) is 0 Å². The molecule has 1 N–H and O–H groups in total. The Morgan fingerprint density at radius 3 is 2.81 bits per heavy atom. The minimum atomic E-state index is -4.37. The second-order valence-corrected chi connectivity index (χ2v) is 7.10. The zero-order valence-electron chi connectivity index (χ0n) is 15.3. The van der Waals surface area contributed by atoms with Crippen molar-refractivity contribution in [3.63, 3.8) is 0 Å². The summed E-state index contributed by atoms with van der Waals surface area (Å²) in [5.74, 6) is 0.760. The highest BCUT2D eigenvalue weighted by Crippen LogP contribution is 2.30. The lowest BCUT2D eigenvalue weighted by atomic mass is 10.2. The molecule has 10 heteroatoms. The standard InChI is InChI=1S/C16H26F3N5S.HI/c1-4-24-9-5-6-12(24)10-23(3)15(20-2)21-8-7-14-22-13(11-25-14)16(17,18)19;/h11-12H,4-10H2,1-3H3,(H,20,21);1H. The van der Waals surface area contributed by atoms with Crippen LogP contribution in [-0.4, -0.2) is 67.1 Å². The van der Waals surface area contributed by atoms with E-state index in [-0.39, 0.29) is 24.0 Å². The maximum atomic E-state index is 12.6. The van der Waals surface area contributed by atoms with E-state index in [9.17, 15) is 13.2 Å². The molecule has 1 aliphatic heterocycles. The van der Waals surface area contributed by atoms with Crippen molar-refractivity contribution in [2.75, 3.05) is 40.3 Å². The number of aliphatic imine (C=N–C) groups is 1. The van der Waals surface area contributed by atoms with Crippen LogP contribution in [0.2, 0.25) is 0 Å². The number of halogens is 4. The van der Waals surface area contributed by atoms with Crippen molar-refractivity contribution >= 4 is 41.3 Å². The normalized spacial score (nSPS) is 18.7. The molecule has 0 radical (unpaired) electrons. The number of likely N-dealkylation sites (tertiary alicyclic amines) is 1. The third-order valence-corrected chi connectivity index (χ3v) is 5.34. The summed E-state index contributed by atoms with van der Waals surface area (Å²) in [4.78, 5) is 12.5. The van der Waals surface area contributed by atoms with Crippen LogP contribution in [0.1, 0.15) is 30.5 Å². The Balaban J connectivity index is 0.00000338. The molecule has 1 fully saturated rings. The molecule has 26 heavy (non-hydrogen) atoms. The Morgan fingerprint density at radius 2 is 2.23 bits per heavy atom. The maximum absolute atomic E-state index is 12.6. The van der Waals surface area contributed by atoms with E-state index in [1.807, 2.05) is 7.05 Å². The third kappa shape index (κ3) is 6.52. The number of hydrogen-bond acceptors (Lipinski definition) is 4. The number of aromatic nitrogens is 1. The minimum Gasteiger partial charge on any atom is -0.356 e. The van der Waals surface area contributed by atoms with Crippen LogP contribution in [0.5, 0.6) is 0 Å². The van der Waals surface area contributed by atoms with Gasteiger partial charge in [0.05, 0.1) is 5.01 Å². The molecule has 0 amide bonds. The topological polar surface area (TPSA) is 43.8 Å². The van der Waals surface area contributed by atoms with Gasteiger partial charge in [0.1, 0.15) is 0 Å². The lowest BCUT2D eigenvalue weighted by molar-refractivity contribution is -0.140. The van der Waals surface area contributed by atoms with Crippen molar-refractivity contribution < 1.29 is 13.2 Å². The summed E-state index contributed by atoms with van der Waals surface area (Å²) < 4.78 is 37.7. The molecule has 5 nitrogen and oxygen atoms in total. The van der Waals surface area contributed by atoms with Gasteiger partial charge in [-0.1, -0.05) is 6.92 Å². The van der Waals surface area contributed by atoms with Gasteiger partial charge in [0.2, 0.25) is 0 Å². The highest BCUT2D eigenvalue weighted by molar-refractivity contribution is 14.0. The molecule has 0 aliphatic carbocycles. The van der Waals surface area contributed by atoms with Crippen LogP contribution >= 0.6 is 35.3 Å². The van der Waals surface area contributed by atoms with Crippen LogP contribution in [0.3, 0.4) is 0 Å². The summed E-state index contributed by atoms with van der Waals surface area (Å²) in [6, 6.07) is 0.529. The first kappa shape index (κ1) is 23.4. The first-order valence-corrected chi connectivity index (χ1v) is 9.40. The number of rotatable bonds is 6. The van der Waals surface area contributed by atoms with Gasteiger partial charge in [-0.25, -0.2) is 4.98 Å². The SMILES string of the molecule is CCN1CCCC1CN(C)C(=NC)NCCc1nc(C(F)(F)F)cs1.I. The van der Waals surface area contributed by atoms with Gasteiger partial charge in [0.25, 0.3) is 0 Å². The first-order chi connectivity index (χ1) is 11.8. The lowest BCUT2D eigenvalue weighted by Gasteiger charge is -2.29. The Kier molecular flexibility index (Phi) is 9.59. The lowest BCUT2D eigenvalue weighted by Crippen LogP contribution is -2.46. The second kappa shape index (κ2) is 10.6. The number of guanidine groups is 1. The van der Waals surface area contributed by atoms with Gasteiger partial charge in [-0.3, -0.25) is 9.89 Å². The van der Waals surface area contributed by atoms with Crippen molar-refractivity contribution in [3.8, 4) is 0 Å². The number of hydrogen-bond donors (Lipinski definition) is 1. The number of nitrogens with zero attached hydrogens (tertiary/aromatic N) is 4. The molecule has 0 saturated carbocycles. The summed E-state index contributed by atoms with van der Waals surface area (Å²) in [5, 5.41) is 4.76. The van der Waals surface area contributed by atoms with E-state index in [2.05, 4.69) is 32.0 Å². The van der Waals surface area contributed by atoms with Gasteiger partial charge in [-0.2, -0.15) is 13.2 Å².